The normalized spacial score (nSPS) is 21.4. The highest BCUT2D eigenvalue weighted by atomic mass is 32.1. The number of alkyl halides is 1. The maximum absolute atomic E-state index is 13.7. The molecule has 3 heterocycles. The van der Waals surface area contributed by atoms with E-state index in [4.69, 9.17) is 9.72 Å². The third-order valence-corrected chi connectivity index (χ3v) is 5.98. The Morgan fingerprint density at radius 1 is 1.25 bits per heavy atom. The summed E-state index contributed by atoms with van der Waals surface area (Å²) in [6.07, 6.45) is 9.19. The van der Waals surface area contributed by atoms with Crippen LogP contribution in [-0.2, 0) is 24.0 Å². The smallest absolute Gasteiger partial charge is 0.105 e. The molecule has 0 atom stereocenters. The third kappa shape index (κ3) is 5.28. The fourth-order valence-electron chi connectivity index (χ4n) is 3.23. The number of aromatic nitrogens is 1. The molecular formula is C19H29FN2OS. The largest absolute Gasteiger partial charge is 0.498 e. The summed E-state index contributed by atoms with van der Waals surface area (Å²) >= 11 is 1.79. The van der Waals surface area contributed by atoms with Crippen LogP contribution >= 0.6 is 11.3 Å². The molecule has 1 aromatic heterocycles. The molecule has 0 N–H and O–H groups in total. The highest BCUT2D eigenvalue weighted by Crippen LogP contribution is 2.26. The maximum Gasteiger partial charge on any atom is 0.105 e. The lowest BCUT2D eigenvalue weighted by Gasteiger charge is -2.20. The van der Waals surface area contributed by atoms with Gasteiger partial charge in [-0.3, -0.25) is 4.90 Å². The summed E-state index contributed by atoms with van der Waals surface area (Å²) in [5.74, 6) is 1.18. The van der Waals surface area contributed by atoms with Crippen molar-refractivity contribution in [1.82, 2.24) is 9.88 Å². The second-order valence-corrected chi connectivity index (χ2v) is 8.64. The van der Waals surface area contributed by atoms with E-state index in [-0.39, 0.29) is 0 Å². The first-order chi connectivity index (χ1) is 11.5. The second kappa shape index (κ2) is 7.96. The Morgan fingerprint density at radius 3 is 2.83 bits per heavy atom. The molecular weight excluding hydrogens is 323 g/mol. The number of nitrogens with zero attached hydrogens (tertiary/aromatic N) is 2. The van der Waals surface area contributed by atoms with Crippen molar-refractivity contribution in [2.45, 2.75) is 64.5 Å². The van der Waals surface area contributed by atoms with Crippen LogP contribution in [0.1, 0.15) is 55.1 Å². The highest BCUT2D eigenvalue weighted by molar-refractivity contribution is 7.11. The Balaban J connectivity index is 1.51. The van der Waals surface area contributed by atoms with Gasteiger partial charge in [-0.1, -0.05) is 0 Å². The van der Waals surface area contributed by atoms with Crippen LogP contribution in [0.4, 0.5) is 4.39 Å². The van der Waals surface area contributed by atoms with Crippen molar-refractivity contribution in [1.29, 1.82) is 0 Å². The molecule has 5 heteroatoms. The maximum atomic E-state index is 13.7. The molecule has 1 saturated heterocycles. The van der Waals surface area contributed by atoms with Crippen LogP contribution in [0.25, 0.3) is 0 Å². The number of halogens is 1. The van der Waals surface area contributed by atoms with Crippen LogP contribution in [0.2, 0.25) is 0 Å². The summed E-state index contributed by atoms with van der Waals surface area (Å²) in [5.41, 5.74) is 0.143. The van der Waals surface area contributed by atoms with Crippen molar-refractivity contribution in [2.24, 2.45) is 0 Å². The lowest BCUT2D eigenvalue weighted by molar-refractivity contribution is 0.163. The Labute approximate surface area is 148 Å². The molecule has 0 unspecified atom stereocenters. The SMILES string of the molecule is CC(C)(F)CCc1nc2c(s1)CCN(C/C=C1\CCCCO1)CC2. The Bertz CT molecular complexity index is 543. The van der Waals surface area contributed by atoms with Gasteiger partial charge in [0.25, 0.3) is 0 Å². The van der Waals surface area contributed by atoms with Crippen LogP contribution in [0.5, 0.6) is 0 Å². The standard InChI is InChI=1S/C19H29FN2OS/c1-19(2,20)10-6-18-21-16-8-12-22(13-9-17(16)24-18)11-7-15-5-3-4-14-23-15/h7H,3-6,8-14H2,1-2H3/b15-7+. The molecule has 0 radical (unpaired) electrons. The lowest BCUT2D eigenvalue weighted by Crippen LogP contribution is -2.27. The number of hydrogen-bond acceptors (Lipinski definition) is 4. The van der Waals surface area contributed by atoms with Crippen molar-refractivity contribution in [3.8, 4) is 0 Å². The number of allylic oxidation sites excluding steroid dienone is 1. The van der Waals surface area contributed by atoms with Crippen molar-refractivity contribution in [3.63, 3.8) is 0 Å². The number of hydrogen-bond donors (Lipinski definition) is 0. The van der Waals surface area contributed by atoms with Crippen molar-refractivity contribution < 1.29 is 9.13 Å². The van der Waals surface area contributed by atoms with Gasteiger partial charge in [-0.05, 0) is 45.6 Å². The fourth-order valence-corrected chi connectivity index (χ4v) is 4.33. The predicted molar refractivity (Wildman–Crippen MR) is 97.4 cm³/mol. The van der Waals surface area contributed by atoms with Crippen LogP contribution in [0.3, 0.4) is 0 Å². The summed E-state index contributed by atoms with van der Waals surface area (Å²) in [6.45, 7) is 7.28. The van der Waals surface area contributed by atoms with E-state index in [9.17, 15) is 4.39 Å². The average molecular weight is 353 g/mol. The van der Waals surface area contributed by atoms with Gasteiger partial charge in [0.15, 0.2) is 0 Å². The minimum atomic E-state index is -1.10. The quantitative estimate of drug-likeness (QED) is 0.790. The molecule has 0 aliphatic carbocycles. The van der Waals surface area contributed by atoms with Crippen LogP contribution < -0.4 is 0 Å². The molecule has 0 spiro atoms. The molecule has 1 fully saturated rings. The number of ether oxygens (including phenoxy) is 1. The van der Waals surface area contributed by atoms with E-state index >= 15 is 0 Å². The number of aryl methyl sites for hydroxylation is 1. The first-order valence-corrected chi connectivity index (χ1v) is 10.0. The van der Waals surface area contributed by atoms with Crippen LogP contribution in [-0.4, -0.2) is 41.8 Å². The van der Waals surface area contributed by atoms with Crippen LogP contribution in [0, 0.1) is 0 Å². The molecule has 0 amide bonds. The molecule has 2 aliphatic heterocycles. The number of fused-ring (bicyclic) bond motifs is 1. The van der Waals surface area contributed by atoms with E-state index in [1.165, 1.54) is 29.2 Å². The van der Waals surface area contributed by atoms with Gasteiger partial charge in [0.1, 0.15) is 5.67 Å². The zero-order valence-electron chi connectivity index (χ0n) is 14.9. The Morgan fingerprint density at radius 2 is 2.08 bits per heavy atom. The van der Waals surface area contributed by atoms with Crippen molar-refractivity contribution >= 4 is 11.3 Å². The predicted octanol–water partition coefficient (Wildman–Crippen LogP) is 4.31. The minimum absolute atomic E-state index is 0.555. The van der Waals surface area contributed by atoms with Gasteiger partial charge >= 0.3 is 0 Å². The zero-order chi connectivity index (χ0) is 17.0. The van der Waals surface area contributed by atoms with E-state index in [0.717, 1.165) is 56.9 Å². The van der Waals surface area contributed by atoms with E-state index in [1.54, 1.807) is 25.2 Å². The second-order valence-electron chi connectivity index (χ2n) is 7.47. The summed E-state index contributed by atoms with van der Waals surface area (Å²) in [7, 11) is 0. The summed E-state index contributed by atoms with van der Waals surface area (Å²) in [4.78, 5) is 8.68. The number of rotatable bonds is 5. The number of thiazole rings is 1. The summed E-state index contributed by atoms with van der Waals surface area (Å²) in [6, 6.07) is 0. The van der Waals surface area contributed by atoms with E-state index in [2.05, 4.69) is 11.0 Å². The molecule has 24 heavy (non-hydrogen) atoms. The van der Waals surface area contributed by atoms with Gasteiger partial charge in [0, 0.05) is 43.8 Å². The fraction of sp³-hybridized carbons (Fsp3) is 0.737. The zero-order valence-corrected chi connectivity index (χ0v) is 15.8. The van der Waals surface area contributed by atoms with Gasteiger partial charge < -0.3 is 4.74 Å². The van der Waals surface area contributed by atoms with E-state index in [0.29, 0.717) is 6.42 Å². The van der Waals surface area contributed by atoms with E-state index in [1.807, 2.05) is 0 Å². The summed E-state index contributed by atoms with van der Waals surface area (Å²) < 4.78 is 19.4. The van der Waals surface area contributed by atoms with Gasteiger partial charge in [0.2, 0.25) is 0 Å². The molecule has 0 bridgehead atoms. The van der Waals surface area contributed by atoms with Gasteiger partial charge in [-0.15, -0.1) is 11.3 Å². The molecule has 0 aromatic carbocycles. The third-order valence-electron chi connectivity index (χ3n) is 4.76. The first kappa shape index (κ1) is 17.9. The molecule has 3 nitrogen and oxygen atoms in total. The van der Waals surface area contributed by atoms with Gasteiger partial charge in [0.05, 0.1) is 23.1 Å². The first-order valence-electron chi connectivity index (χ1n) is 9.20. The van der Waals surface area contributed by atoms with Crippen molar-refractivity contribution in [3.05, 3.63) is 27.4 Å². The topological polar surface area (TPSA) is 25.4 Å². The molecule has 2 aliphatic rings. The molecule has 0 saturated carbocycles. The van der Waals surface area contributed by atoms with Gasteiger partial charge in [-0.2, -0.15) is 0 Å². The summed E-state index contributed by atoms with van der Waals surface area (Å²) in [5, 5.41) is 1.11. The van der Waals surface area contributed by atoms with Crippen molar-refractivity contribution in [2.75, 3.05) is 26.2 Å². The Hall–Kier alpha value is -0.940. The van der Waals surface area contributed by atoms with Gasteiger partial charge in [-0.25, -0.2) is 9.37 Å². The minimum Gasteiger partial charge on any atom is -0.498 e. The highest BCUT2D eigenvalue weighted by Gasteiger charge is 2.20. The Kier molecular flexibility index (Phi) is 5.93. The molecule has 3 rings (SSSR count). The monoisotopic (exact) mass is 352 g/mol. The molecule has 1 aromatic rings. The van der Waals surface area contributed by atoms with Crippen LogP contribution in [0.15, 0.2) is 11.8 Å². The van der Waals surface area contributed by atoms with E-state index < -0.39 is 5.67 Å². The lowest BCUT2D eigenvalue weighted by atomic mass is 10.1. The average Bonchev–Trinajstić information content (AvgIpc) is 2.85. The molecule has 134 valence electrons.